The fraction of sp³-hybridized carbons (Fsp3) is 0.257. The number of anilines is 1. The zero-order valence-corrected chi connectivity index (χ0v) is 23.6. The third-order valence-electron chi connectivity index (χ3n) is 7.25. The van der Waals surface area contributed by atoms with E-state index in [0.717, 1.165) is 21.9 Å². The molecule has 1 fully saturated rings. The summed E-state index contributed by atoms with van der Waals surface area (Å²) in [6.45, 7) is 11.1. The number of hydrogen-bond donors (Lipinski definition) is 1. The molecule has 4 aromatic rings. The van der Waals surface area contributed by atoms with E-state index in [-0.39, 0.29) is 16.7 Å². The molecule has 0 bridgehead atoms. The van der Waals surface area contributed by atoms with Crippen LogP contribution in [0.4, 0.5) is 5.69 Å². The number of carbonyl (C=O) groups is 2. The predicted molar refractivity (Wildman–Crippen MR) is 161 cm³/mol. The first-order chi connectivity index (χ1) is 19.1. The lowest BCUT2D eigenvalue weighted by molar-refractivity contribution is -0.132. The minimum absolute atomic E-state index is 0.0578. The highest BCUT2D eigenvalue weighted by molar-refractivity contribution is 6.52. The SMILES string of the molecule is CC(C)COc1cccc(/C(O)=C2\C(=O)C(=O)N(c3cccc4ccccc34)C2c2ccc(C(C)(C)C)cc2)c1. The van der Waals surface area contributed by atoms with E-state index in [1.54, 1.807) is 18.2 Å². The van der Waals surface area contributed by atoms with Gasteiger partial charge in [-0.05, 0) is 46.0 Å². The maximum Gasteiger partial charge on any atom is 0.300 e. The van der Waals surface area contributed by atoms with Crippen LogP contribution in [0.2, 0.25) is 0 Å². The molecule has 5 rings (SSSR count). The van der Waals surface area contributed by atoms with Crippen LogP contribution in [0.5, 0.6) is 5.75 Å². The van der Waals surface area contributed by atoms with Gasteiger partial charge < -0.3 is 9.84 Å². The smallest absolute Gasteiger partial charge is 0.300 e. The first-order valence-electron chi connectivity index (χ1n) is 13.7. The van der Waals surface area contributed by atoms with Gasteiger partial charge in [0.15, 0.2) is 0 Å². The lowest BCUT2D eigenvalue weighted by Gasteiger charge is -2.27. The van der Waals surface area contributed by atoms with Crippen LogP contribution in [-0.4, -0.2) is 23.4 Å². The number of carbonyl (C=O) groups excluding carboxylic acids is 2. The van der Waals surface area contributed by atoms with Gasteiger partial charge in [-0.15, -0.1) is 0 Å². The molecule has 1 amide bonds. The van der Waals surface area contributed by atoms with Gasteiger partial charge in [-0.2, -0.15) is 0 Å². The number of aliphatic hydroxyl groups excluding tert-OH is 1. The Balaban J connectivity index is 1.70. The van der Waals surface area contributed by atoms with Crippen LogP contribution in [0.25, 0.3) is 16.5 Å². The summed E-state index contributed by atoms with van der Waals surface area (Å²) in [5.41, 5.74) is 2.92. The van der Waals surface area contributed by atoms with Gasteiger partial charge >= 0.3 is 0 Å². The fourth-order valence-electron chi connectivity index (χ4n) is 5.13. The normalized spacial score (nSPS) is 17.1. The van der Waals surface area contributed by atoms with Gasteiger partial charge in [0.2, 0.25) is 0 Å². The van der Waals surface area contributed by atoms with Gasteiger partial charge in [0.1, 0.15) is 11.5 Å². The van der Waals surface area contributed by atoms with Crippen molar-refractivity contribution in [2.24, 2.45) is 5.92 Å². The molecule has 0 radical (unpaired) electrons. The molecule has 0 spiro atoms. The molecule has 1 unspecified atom stereocenters. The Morgan fingerprint density at radius 3 is 2.27 bits per heavy atom. The molecule has 5 heteroatoms. The van der Waals surface area contributed by atoms with Crippen LogP contribution in [0, 0.1) is 5.92 Å². The summed E-state index contributed by atoms with van der Waals surface area (Å²) in [6.07, 6.45) is 0. The first-order valence-corrected chi connectivity index (χ1v) is 13.7. The van der Waals surface area contributed by atoms with E-state index in [4.69, 9.17) is 4.74 Å². The van der Waals surface area contributed by atoms with Gasteiger partial charge in [0.25, 0.3) is 11.7 Å². The summed E-state index contributed by atoms with van der Waals surface area (Å²) in [5, 5.41) is 13.4. The Bertz CT molecular complexity index is 1600. The molecule has 5 nitrogen and oxygen atoms in total. The Labute approximate surface area is 235 Å². The lowest BCUT2D eigenvalue weighted by atomic mass is 9.85. The molecule has 1 atom stereocenters. The maximum absolute atomic E-state index is 13.8. The van der Waals surface area contributed by atoms with Crippen LogP contribution < -0.4 is 9.64 Å². The number of rotatable bonds is 6. The number of hydrogen-bond acceptors (Lipinski definition) is 4. The molecule has 40 heavy (non-hydrogen) atoms. The lowest BCUT2D eigenvalue weighted by Crippen LogP contribution is -2.29. The molecule has 0 aliphatic carbocycles. The quantitative estimate of drug-likeness (QED) is 0.156. The molecule has 4 aromatic carbocycles. The second-order valence-electron chi connectivity index (χ2n) is 11.8. The van der Waals surface area contributed by atoms with E-state index < -0.39 is 17.7 Å². The summed E-state index contributed by atoms with van der Waals surface area (Å²) in [6, 6.07) is 27.7. The van der Waals surface area contributed by atoms with Crippen molar-refractivity contribution in [3.8, 4) is 5.75 Å². The average Bonchev–Trinajstić information content (AvgIpc) is 3.20. The molecule has 1 saturated heterocycles. The van der Waals surface area contributed by atoms with Gasteiger partial charge in [-0.25, -0.2) is 0 Å². The van der Waals surface area contributed by atoms with Crippen molar-refractivity contribution in [3.63, 3.8) is 0 Å². The summed E-state index contributed by atoms with van der Waals surface area (Å²) >= 11 is 0. The Kier molecular flexibility index (Phi) is 7.24. The third-order valence-corrected chi connectivity index (χ3v) is 7.25. The molecule has 0 aromatic heterocycles. The number of ether oxygens (including phenoxy) is 1. The third kappa shape index (κ3) is 5.12. The highest BCUT2D eigenvalue weighted by Gasteiger charge is 2.47. The number of nitrogens with zero attached hydrogens (tertiary/aromatic N) is 1. The Morgan fingerprint density at radius 1 is 0.900 bits per heavy atom. The molecule has 1 aliphatic heterocycles. The average molecular weight is 534 g/mol. The molecule has 204 valence electrons. The van der Waals surface area contributed by atoms with Crippen LogP contribution in [0.1, 0.15) is 57.4 Å². The summed E-state index contributed by atoms with van der Waals surface area (Å²) in [5.74, 6) is -0.689. The van der Waals surface area contributed by atoms with Crippen LogP contribution >= 0.6 is 0 Å². The number of Topliss-reactive ketones (excluding diaryl/α,β-unsaturated/α-hetero) is 1. The second kappa shape index (κ2) is 10.6. The number of amides is 1. The van der Waals surface area contributed by atoms with Crippen LogP contribution in [-0.2, 0) is 15.0 Å². The van der Waals surface area contributed by atoms with E-state index in [1.807, 2.05) is 72.8 Å². The predicted octanol–water partition coefficient (Wildman–Crippen LogP) is 7.80. The molecule has 1 N–H and O–H groups in total. The standard InChI is InChI=1S/C35H35NO4/c1-22(2)21-40-27-13-8-12-25(20-27)32(37)30-31(24-16-18-26(19-17-24)35(3,4)5)36(34(39)33(30)38)29-15-9-11-23-10-6-7-14-28(23)29/h6-20,22,31,37H,21H2,1-5H3/b32-30+. The van der Waals surface area contributed by atoms with Crippen molar-refractivity contribution >= 4 is 33.9 Å². The number of ketones is 1. The van der Waals surface area contributed by atoms with Crippen molar-refractivity contribution in [2.45, 2.75) is 46.1 Å². The van der Waals surface area contributed by atoms with Gasteiger partial charge in [-0.3, -0.25) is 14.5 Å². The largest absolute Gasteiger partial charge is 0.507 e. The topological polar surface area (TPSA) is 66.8 Å². The minimum Gasteiger partial charge on any atom is -0.507 e. The van der Waals surface area contributed by atoms with Crippen molar-refractivity contribution in [2.75, 3.05) is 11.5 Å². The minimum atomic E-state index is -0.805. The monoisotopic (exact) mass is 533 g/mol. The summed E-state index contributed by atoms with van der Waals surface area (Å²) in [7, 11) is 0. The fourth-order valence-corrected chi connectivity index (χ4v) is 5.13. The van der Waals surface area contributed by atoms with Gasteiger partial charge in [-0.1, -0.05) is 107 Å². The molecule has 1 heterocycles. The first kappa shape index (κ1) is 27.2. The van der Waals surface area contributed by atoms with Crippen LogP contribution in [0.3, 0.4) is 0 Å². The van der Waals surface area contributed by atoms with Gasteiger partial charge in [0, 0.05) is 10.9 Å². The molecule has 0 saturated carbocycles. The molecule has 1 aliphatic rings. The van der Waals surface area contributed by atoms with E-state index in [0.29, 0.717) is 29.5 Å². The second-order valence-corrected chi connectivity index (χ2v) is 11.8. The van der Waals surface area contributed by atoms with E-state index in [2.05, 4.69) is 34.6 Å². The Morgan fingerprint density at radius 2 is 1.57 bits per heavy atom. The zero-order chi connectivity index (χ0) is 28.6. The summed E-state index contributed by atoms with van der Waals surface area (Å²) in [4.78, 5) is 29.0. The highest BCUT2D eigenvalue weighted by Crippen LogP contribution is 2.44. The number of aliphatic hydroxyl groups is 1. The summed E-state index contributed by atoms with van der Waals surface area (Å²) < 4.78 is 5.87. The van der Waals surface area contributed by atoms with Crippen molar-refractivity contribution < 1.29 is 19.4 Å². The van der Waals surface area contributed by atoms with Crippen molar-refractivity contribution in [1.82, 2.24) is 0 Å². The van der Waals surface area contributed by atoms with Gasteiger partial charge in [0.05, 0.1) is 23.9 Å². The number of fused-ring (bicyclic) bond motifs is 1. The van der Waals surface area contributed by atoms with Crippen LogP contribution in [0.15, 0.2) is 96.6 Å². The van der Waals surface area contributed by atoms with E-state index in [1.165, 1.54) is 4.90 Å². The molecular weight excluding hydrogens is 498 g/mol. The Hall–Kier alpha value is -4.38. The van der Waals surface area contributed by atoms with E-state index in [9.17, 15) is 14.7 Å². The highest BCUT2D eigenvalue weighted by atomic mass is 16.5. The van der Waals surface area contributed by atoms with Crippen molar-refractivity contribution in [1.29, 1.82) is 0 Å². The number of benzene rings is 4. The maximum atomic E-state index is 13.8. The zero-order valence-electron chi connectivity index (χ0n) is 23.6. The molecular formula is C35H35NO4. The van der Waals surface area contributed by atoms with E-state index >= 15 is 0 Å². The van der Waals surface area contributed by atoms with Crippen molar-refractivity contribution in [3.05, 3.63) is 113 Å².